The number of aryl methyl sites for hydroxylation is 2. The van der Waals surface area contributed by atoms with Crippen LogP contribution in [0.15, 0.2) is 34.9 Å². The van der Waals surface area contributed by atoms with Crippen LogP contribution in [0.1, 0.15) is 21.5 Å². The smallest absolute Gasteiger partial charge is 0.259 e. The summed E-state index contributed by atoms with van der Waals surface area (Å²) in [6.45, 7) is 3.90. The van der Waals surface area contributed by atoms with Crippen LogP contribution in [0.3, 0.4) is 0 Å². The van der Waals surface area contributed by atoms with E-state index in [0.29, 0.717) is 15.9 Å². The zero-order valence-corrected chi connectivity index (χ0v) is 12.8. The summed E-state index contributed by atoms with van der Waals surface area (Å²) in [4.78, 5) is 16.4. The Morgan fingerprint density at radius 2 is 1.95 bits per heavy atom. The van der Waals surface area contributed by atoms with Gasteiger partial charge < -0.3 is 10.7 Å². The molecule has 6 heteroatoms. The molecule has 0 unspecified atom stereocenters. The second-order valence-electron chi connectivity index (χ2n) is 4.41. The van der Waals surface area contributed by atoms with E-state index in [4.69, 9.17) is 5.84 Å². The third-order valence-electron chi connectivity index (χ3n) is 2.96. The van der Waals surface area contributed by atoms with E-state index in [0.717, 1.165) is 16.8 Å². The maximum absolute atomic E-state index is 12.4. The summed E-state index contributed by atoms with van der Waals surface area (Å²) in [7, 11) is 0. The van der Waals surface area contributed by atoms with Crippen LogP contribution in [0.5, 0.6) is 0 Å². The maximum Gasteiger partial charge on any atom is 0.259 e. The average molecular weight is 335 g/mol. The van der Waals surface area contributed by atoms with Gasteiger partial charge in [-0.25, -0.2) is 10.8 Å². The third kappa shape index (κ3) is 2.97. The summed E-state index contributed by atoms with van der Waals surface area (Å²) < 4.78 is 0.711. The Bertz CT molecular complexity index is 637. The first-order valence-corrected chi connectivity index (χ1v) is 6.82. The van der Waals surface area contributed by atoms with Crippen LogP contribution in [0.25, 0.3) is 0 Å². The van der Waals surface area contributed by atoms with Crippen LogP contribution in [0.2, 0.25) is 0 Å². The lowest BCUT2D eigenvalue weighted by Gasteiger charge is -2.13. The number of nitrogen functional groups attached to an aromatic ring is 1. The molecule has 1 heterocycles. The standard InChI is InChI=1S/C14H15BrN4O/c1-8-4-3-5-9(2)12(8)18-14(20)11-6-10(15)7-17-13(11)19-16/h3-7H,16H2,1-2H3,(H,17,19)(H,18,20). The molecule has 0 atom stereocenters. The summed E-state index contributed by atoms with van der Waals surface area (Å²) in [5, 5.41) is 2.90. The van der Waals surface area contributed by atoms with Gasteiger partial charge in [0, 0.05) is 16.4 Å². The Morgan fingerprint density at radius 3 is 2.55 bits per heavy atom. The van der Waals surface area contributed by atoms with Crippen molar-refractivity contribution < 1.29 is 4.79 Å². The number of hydrogen-bond donors (Lipinski definition) is 3. The predicted molar refractivity (Wildman–Crippen MR) is 83.6 cm³/mol. The molecule has 0 saturated heterocycles. The van der Waals surface area contributed by atoms with Crippen molar-refractivity contribution >= 4 is 33.3 Å². The van der Waals surface area contributed by atoms with E-state index < -0.39 is 0 Å². The fourth-order valence-corrected chi connectivity index (χ4v) is 2.25. The second-order valence-corrected chi connectivity index (χ2v) is 5.33. The van der Waals surface area contributed by atoms with E-state index in [1.807, 2.05) is 32.0 Å². The summed E-state index contributed by atoms with van der Waals surface area (Å²) in [5.41, 5.74) is 5.62. The molecule has 0 spiro atoms. The molecule has 104 valence electrons. The van der Waals surface area contributed by atoms with Crippen molar-refractivity contribution in [2.24, 2.45) is 5.84 Å². The molecule has 1 amide bonds. The highest BCUT2D eigenvalue weighted by Gasteiger charge is 2.15. The lowest BCUT2D eigenvalue weighted by Crippen LogP contribution is -2.19. The molecule has 0 saturated carbocycles. The number of para-hydroxylation sites is 1. The number of nitrogens with one attached hydrogen (secondary N) is 2. The Morgan fingerprint density at radius 1 is 1.30 bits per heavy atom. The van der Waals surface area contributed by atoms with Crippen molar-refractivity contribution in [2.45, 2.75) is 13.8 Å². The van der Waals surface area contributed by atoms with Crippen molar-refractivity contribution in [3.63, 3.8) is 0 Å². The summed E-state index contributed by atoms with van der Waals surface area (Å²) >= 11 is 3.30. The van der Waals surface area contributed by atoms with Gasteiger partial charge in [-0.05, 0) is 47.0 Å². The molecule has 5 nitrogen and oxygen atoms in total. The van der Waals surface area contributed by atoms with E-state index in [9.17, 15) is 4.79 Å². The fourth-order valence-electron chi connectivity index (χ4n) is 1.92. The number of aromatic nitrogens is 1. The van der Waals surface area contributed by atoms with Gasteiger partial charge >= 0.3 is 0 Å². The molecule has 0 aliphatic heterocycles. The molecule has 0 radical (unpaired) electrons. The average Bonchev–Trinajstić information content (AvgIpc) is 2.43. The minimum absolute atomic E-state index is 0.260. The number of carbonyl (C=O) groups excluding carboxylic acids is 1. The van der Waals surface area contributed by atoms with Gasteiger partial charge in [-0.15, -0.1) is 0 Å². The number of pyridine rings is 1. The van der Waals surface area contributed by atoms with E-state index in [2.05, 4.69) is 31.7 Å². The number of benzene rings is 1. The van der Waals surface area contributed by atoms with Crippen molar-refractivity contribution in [1.29, 1.82) is 0 Å². The highest BCUT2D eigenvalue weighted by atomic mass is 79.9. The number of anilines is 2. The van der Waals surface area contributed by atoms with Crippen molar-refractivity contribution in [1.82, 2.24) is 4.98 Å². The van der Waals surface area contributed by atoms with E-state index in [-0.39, 0.29) is 5.91 Å². The van der Waals surface area contributed by atoms with Crippen LogP contribution in [-0.4, -0.2) is 10.9 Å². The zero-order valence-electron chi connectivity index (χ0n) is 11.2. The lowest BCUT2D eigenvalue weighted by molar-refractivity contribution is 0.102. The van der Waals surface area contributed by atoms with Gasteiger partial charge in [0.1, 0.15) is 0 Å². The van der Waals surface area contributed by atoms with Crippen LogP contribution in [0.4, 0.5) is 11.5 Å². The quantitative estimate of drug-likeness (QED) is 0.595. The summed E-state index contributed by atoms with van der Waals surface area (Å²) in [5.74, 6) is 5.45. The first kappa shape index (κ1) is 14.5. The molecule has 0 aliphatic rings. The molecule has 0 aliphatic carbocycles. The number of hydrazine groups is 1. The number of halogens is 1. The van der Waals surface area contributed by atoms with E-state index in [1.165, 1.54) is 0 Å². The molecule has 2 aromatic rings. The largest absolute Gasteiger partial charge is 0.321 e. The van der Waals surface area contributed by atoms with Gasteiger partial charge in [-0.1, -0.05) is 18.2 Å². The maximum atomic E-state index is 12.4. The molecule has 1 aromatic carbocycles. The van der Waals surface area contributed by atoms with Crippen LogP contribution in [-0.2, 0) is 0 Å². The number of nitrogens with zero attached hydrogens (tertiary/aromatic N) is 1. The molecule has 2 rings (SSSR count). The van der Waals surface area contributed by atoms with Gasteiger partial charge in [0.25, 0.3) is 5.91 Å². The highest BCUT2D eigenvalue weighted by Crippen LogP contribution is 2.23. The number of rotatable bonds is 3. The molecular weight excluding hydrogens is 320 g/mol. The molecule has 0 fully saturated rings. The number of carbonyl (C=O) groups is 1. The lowest BCUT2D eigenvalue weighted by atomic mass is 10.1. The second kappa shape index (κ2) is 6.02. The first-order valence-electron chi connectivity index (χ1n) is 6.02. The van der Waals surface area contributed by atoms with Crippen LogP contribution < -0.4 is 16.6 Å². The zero-order chi connectivity index (χ0) is 14.7. The molecule has 20 heavy (non-hydrogen) atoms. The Kier molecular flexibility index (Phi) is 4.36. The van der Waals surface area contributed by atoms with Gasteiger partial charge in [0.15, 0.2) is 5.82 Å². The van der Waals surface area contributed by atoms with Crippen molar-refractivity contribution in [3.8, 4) is 0 Å². The predicted octanol–water partition coefficient (Wildman–Crippen LogP) is 3.00. The Balaban J connectivity index is 2.35. The van der Waals surface area contributed by atoms with Crippen LogP contribution >= 0.6 is 15.9 Å². The van der Waals surface area contributed by atoms with Gasteiger partial charge in [0.05, 0.1) is 5.56 Å². The van der Waals surface area contributed by atoms with E-state index >= 15 is 0 Å². The summed E-state index contributed by atoms with van der Waals surface area (Å²) in [6, 6.07) is 7.52. The summed E-state index contributed by atoms with van der Waals surface area (Å²) in [6.07, 6.45) is 1.57. The number of hydrogen-bond acceptors (Lipinski definition) is 4. The van der Waals surface area contributed by atoms with E-state index in [1.54, 1.807) is 12.3 Å². The number of amides is 1. The molecular formula is C14H15BrN4O. The topological polar surface area (TPSA) is 80.0 Å². The molecule has 4 N–H and O–H groups in total. The van der Waals surface area contributed by atoms with Crippen molar-refractivity contribution in [3.05, 3.63) is 51.6 Å². The fraction of sp³-hybridized carbons (Fsp3) is 0.143. The molecule has 1 aromatic heterocycles. The molecule has 0 bridgehead atoms. The third-order valence-corrected chi connectivity index (χ3v) is 3.39. The first-order chi connectivity index (χ1) is 9.52. The Hall–Kier alpha value is -1.92. The minimum atomic E-state index is -0.260. The van der Waals surface area contributed by atoms with Crippen LogP contribution in [0, 0.1) is 13.8 Å². The van der Waals surface area contributed by atoms with Gasteiger partial charge in [-0.3, -0.25) is 4.79 Å². The number of nitrogens with two attached hydrogens (primary N) is 1. The Labute approximate surface area is 125 Å². The highest BCUT2D eigenvalue weighted by molar-refractivity contribution is 9.10. The SMILES string of the molecule is Cc1cccc(C)c1NC(=O)c1cc(Br)cnc1NN. The minimum Gasteiger partial charge on any atom is -0.321 e. The monoisotopic (exact) mass is 334 g/mol. The van der Waals surface area contributed by atoms with Gasteiger partial charge in [0.2, 0.25) is 0 Å². The van der Waals surface area contributed by atoms with Crippen molar-refractivity contribution in [2.75, 3.05) is 10.7 Å². The normalized spacial score (nSPS) is 10.2. The van der Waals surface area contributed by atoms with Gasteiger partial charge in [-0.2, -0.15) is 0 Å².